The molecule has 0 aliphatic heterocycles. The van der Waals surface area contributed by atoms with Crippen molar-refractivity contribution in [3.05, 3.63) is 16.6 Å². The third kappa shape index (κ3) is 1.30. The molecule has 0 atom stereocenters. The van der Waals surface area contributed by atoms with Gasteiger partial charge in [-0.25, -0.2) is 4.98 Å². The molecule has 1 aromatic heterocycles. The SMILES string of the molecule is COc1cnc(S)n(O)c1=O. The standard InChI is InChI=1S/C5H6N2O3S/c1-10-3-2-6-5(11)7(9)4(3)8/h2,9H,1H3,(H,6,11). The second-order valence-electron chi connectivity index (χ2n) is 1.74. The highest BCUT2D eigenvalue weighted by atomic mass is 32.1. The lowest BCUT2D eigenvalue weighted by Crippen LogP contribution is -2.20. The molecule has 0 unspecified atom stereocenters. The quantitative estimate of drug-likeness (QED) is 0.351. The van der Waals surface area contributed by atoms with E-state index in [9.17, 15) is 4.79 Å². The Kier molecular flexibility index (Phi) is 2.04. The summed E-state index contributed by atoms with van der Waals surface area (Å²) in [5.74, 6) is -0.0229. The molecule has 0 aromatic carbocycles. The number of hydrogen-bond donors (Lipinski definition) is 2. The molecule has 0 fully saturated rings. The second-order valence-corrected chi connectivity index (χ2v) is 2.14. The fourth-order valence-corrected chi connectivity index (χ4v) is 0.710. The largest absolute Gasteiger partial charge is 0.490 e. The van der Waals surface area contributed by atoms with E-state index < -0.39 is 5.56 Å². The molecule has 1 aromatic rings. The van der Waals surface area contributed by atoms with E-state index in [1.54, 1.807) is 0 Å². The minimum Gasteiger partial charge on any atom is -0.490 e. The van der Waals surface area contributed by atoms with Crippen molar-refractivity contribution in [2.45, 2.75) is 5.16 Å². The van der Waals surface area contributed by atoms with Crippen LogP contribution >= 0.6 is 12.6 Å². The lowest BCUT2D eigenvalue weighted by molar-refractivity contribution is 0.139. The first-order valence-corrected chi connectivity index (χ1v) is 3.16. The minimum absolute atomic E-state index is 0.0229. The number of methoxy groups -OCH3 is 1. The Labute approximate surface area is 67.6 Å². The molecule has 0 aliphatic rings. The summed E-state index contributed by atoms with van der Waals surface area (Å²) < 4.78 is 4.90. The van der Waals surface area contributed by atoms with Gasteiger partial charge in [0.1, 0.15) is 0 Å². The van der Waals surface area contributed by atoms with Gasteiger partial charge in [-0.3, -0.25) is 4.79 Å². The summed E-state index contributed by atoms with van der Waals surface area (Å²) in [6.07, 6.45) is 1.19. The average molecular weight is 174 g/mol. The Balaban J connectivity index is 3.37. The molecule has 0 aliphatic carbocycles. The van der Waals surface area contributed by atoms with Crippen molar-refractivity contribution in [3.8, 4) is 5.75 Å². The summed E-state index contributed by atoms with van der Waals surface area (Å²) in [4.78, 5) is 14.5. The number of hydrogen-bond acceptors (Lipinski definition) is 5. The number of aromatic nitrogens is 2. The van der Waals surface area contributed by atoms with Crippen molar-refractivity contribution < 1.29 is 9.94 Å². The van der Waals surface area contributed by atoms with Crippen LogP contribution in [-0.4, -0.2) is 22.0 Å². The van der Waals surface area contributed by atoms with E-state index in [2.05, 4.69) is 22.3 Å². The molecule has 1 N–H and O–H groups in total. The lowest BCUT2D eigenvalue weighted by Gasteiger charge is -2.01. The average Bonchev–Trinajstić information content (AvgIpc) is 2.01. The van der Waals surface area contributed by atoms with Crippen LogP contribution in [-0.2, 0) is 0 Å². The fraction of sp³-hybridized carbons (Fsp3) is 0.200. The molecule has 1 rings (SSSR count). The molecule has 0 saturated carbocycles. The summed E-state index contributed by atoms with van der Waals surface area (Å²) in [5.41, 5.74) is -0.674. The molecule has 0 amide bonds. The number of thiol groups is 1. The Hall–Kier alpha value is -1.17. The van der Waals surface area contributed by atoms with Crippen LogP contribution < -0.4 is 10.3 Å². The van der Waals surface area contributed by atoms with Crippen LogP contribution in [0.1, 0.15) is 0 Å². The molecule has 0 saturated heterocycles. The lowest BCUT2D eigenvalue weighted by atomic mass is 10.6. The first-order valence-electron chi connectivity index (χ1n) is 2.71. The summed E-state index contributed by atoms with van der Waals surface area (Å²) in [5, 5.41) is 8.83. The maximum Gasteiger partial charge on any atom is 0.329 e. The number of ether oxygens (including phenoxy) is 1. The molecule has 6 heteroatoms. The first-order chi connectivity index (χ1) is 5.16. The maximum absolute atomic E-state index is 10.9. The van der Waals surface area contributed by atoms with Gasteiger partial charge in [0.15, 0.2) is 0 Å². The summed E-state index contributed by atoms with van der Waals surface area (Å²) in [6, 6.07) is 0. The molecular formula is C5H6N2O3S. The predicted octanol–water partition coefficient (Wildman–Crippen LogP) is -0.222. The smallest absolute Gasteiger partial charge is 0.329 e. The molecule has 5 nitrogen and oxygen atoms in total. The topological polar surface area (TPSA) is 64.3 Å². The van der Waals surface area contributed by atoms with E-state index in [1.807, 2.05) is 0 Å². The van der Waals surface area contributed by atoms with Gasteiger partial charge in [0, 0.05) is 0 Å². The Morgan fingerprint density at radius 1 is 1.82 bits per heavy atom. The Morgan fingerprint density at radius 2 is 2.45 bits per heavy atom. The van der Waals surface area contributed by atoms with Crippen molar-refractivity contribution in [3.63, 3.8) is 0 Å². The Bertz CT molecular complexity index is 322. The first kappa shape index (κ1) is 7.93. The van der Waals surface area contributed by atoms with E-state index in [4.69, 9.17) is 5.21 Å². The van der Waals surface area contributed by atoms with Gasteiger partial charge in [0.05, 0.1) is 13.3 Å². The van der Waals surface area contributed by atoms with Crippen molar-refractivity contribution in [1.29, 1.82) is 0 Å². The van der Waals surface area contributed by atoms with Gasteiger partial charge in [0.2, 0.25) is 10.9 Å². The molecule has 0 radical (unpaired) electrons. The number of nitrogens with zero attached hydrogens (tertiary/aromatic N) is 2. The van der Waals surface area contributed by atoms with E-state index >= 15 is 0 Å². The predicted molar refractivity (Wildman–Crippen MR) is 39.5 cm³/mol. The van der Waals surface area contributed by atoms with Crippen LogP contribution in [0.5, 0.6) is 5.75 Å². The van der Waals surface area contributed by atoms with Crippen LogP contribution in [0, 0.1) is 0 Å². The maximum atomic E-state index is 10.9. The highest BCUT2D eigenvalue weighted by molar-refractivity contribution is 7.80. The summed E-state index contributed by atoms with van der Waals surface area (Å²) >= 11 is 3.70. The van der Waals surface area contributed by atoms with Gasteiger partial charge >= 0.3 is 5.56 Å². The van der Waals surface area contributed by atoms with E-state index in [0.29, 0.717) is 4.73 Å². The van der Waals surface area contributed by atoms with Gasteiger partial charge in [0.25, 0.3) is 0 Å². The van der Waals surface area contributed by atoms with E-state index in [0.717, 1.165) is 0 Å². The van der Waals surface area contributed by atoms with Gasteiger partial charge in [-0.05, 0) is 0 Å². The van der Waals surface area contributed by atoms with Crippen molar-refractivity contribution >= 4 is 12.6 Å². The zero-order chi connectivity index (χ0) is 8.43. The molecule has 60 valence electrons. The van der Waals surface area contributed by atoms with Crippen LogP contribution in [0.25, 0.3) is 0 Å². The van der Waals surface area contributed by atoms with Crippen LogP contribution in [0.15, 0.2) is 16.1 Å². The summed E-state index contributed by atoms with van der Waals surface area (Å²) in [6.45, 7) is 0. The normalized spacial score (nSPS) is 9.64. The number of rotatable bonds is 1. The fourth-order valence-electron chi connectivity index (χ4n) is 0.561. The zero-order valence-corrected chi connectivity index (χ0v) is 6.58. The third-order valence-electron chi connectivity index (χ3n) is 1.11. The van der Waals surface area contributed by atoms with Crippen molar-refractivity contribution in [2.75, 3.05) is 7.11 Å². The van der Waals surface area contributed by atoms with Gasteiger partial charge in [-0.2, -0.15) is 0 Å². The molecule has 11 heavy (non-hydrogen) atoms. The molecule has 1 heterocycles. The molecule has 0 spiro atoms. The highest BCUT2D eigenvalue weighted by Gasteiger charge is 2.05. The van der Waals surface area contributed by atoms with Crippen LogP contribution in [0.3, 0.4) is 0 Å². The van der Waals surface area contributed by atoms with Gasteiger partial charge in [-0.15, -0.1) is 17.4 Å². The third-order valence-corrected chi connectivity index (χ3v) is 1.41. The van der Waals surface area contributed by atoms with Crippen molar-refractivity contribution in [1.82, 2.24) is 9.71 Å². The summed E-state index contributed by atoms with van der Waals surface area (Å²) in [7, 11) is 1.32. The Morgan fingerprint density at radius 3 is 3.00 bits per heavy atom. The molecule has 0 bridgehead atoms. The highest BCUT2D eigenvalue weighted by Crippen LogP contribution is 2.01. The van der Waals surface area contributed by atoms with Gasteiger partial charge < -0.3 is 9.94 Å². The van der Waals surface area contributed by atoms with E-state index in [-0.39, 0.29) is 10.9 Å². The second kappa shape index (κ2) is 2.83. The van der Waals surface area contributed by atoms with Gasteiger partial charge in [-0.1, -0.05) is 0 Å². The van der Waals surface area contributed by atoms with E-state index in [1.165, 1.54) is 13.3 Å². The van der Waals surface area contributed by atoms with Crippen molar-refractivity contribution in [2.24, 2.45) is 0 Å². The minimum atomic E-state index is -0.674. The molecular weight excluding hydrogens is 168 g/mol. The zero-order valence-electron chi connectivity index (χ0n) is 5.68. The van der Waals surface area contributed by atoms with Crippen LogP contribution in [0.2, 0.25) is 0 Å². The van der Waals surface area contributed by atoms with Crippen LogP contribution in [0.4, 0.5) is 0 Å². The monoisotopic (exact) mass is 174 g/mol.